The smallest absolute Gasteiger partial charge is 0.123 e. The summed E-state index contributed by atoms with van der Waals surface area (Å²) in [5.41, 5.74) is 1.23. The summed E-state index contributed by atoms with van der Waals surface area (Å²) in [6.45, 7) is 3.60. The van der Waals surface area contributed by atoms with Crippen LogP contribution < -0.4 is 10.1 Å². The van der Waals surface area contributed by atoms with Gasteiger partial charge in [0.15, 0.2) is 0 Å². The summed E-state index contributed by atoms with van der Waals surface area (Å²) in [6, 6.07) is 8.80. The average Bonchev–Trinajstić information content (AvgIpc) is 2.30. The first-order valence-corrected chi connectivity index (χ1v) is 6.30. The lowest BCUT2D eigenvalue weighted by molar-refractivity contribution is 0.0169. The van der Waals surface area contributed by atoms with Gasteiger partial charge in [-0.15, -0.1) is 0 Å². The average molecular weight is 235 g/mol. The summed E-state index contributed by atoms with van der Waals surface area (Å²) < 4.78 is 10.9. The monoisotopic (exact) mass is 235 g/mol. The van der Waals surface area contributed by atoms with Gasteiger partial charge in [0.05, 0.1) is 12.7 Å². The molecule has 1 aliphatic carbocycles. The van der Waals surface area contributed by atoms with Gasteiger partial charge in [-0.05, 0) is 25.8 Å². The largest absolute Gasteiger partial charge is 0.494 e. The van der Waals surface area contributed by atoms with Crippen LogP contribution in [-0.4, -0.2) is 25.9 Å². The number of benzene rings is 1. The summed E-state index contributed by atoms with van der Waals surface area (Å²) in [5, 5.41) is 3.54. The molecule has 3 nitrogen and oxygen atoms in total. The highest BCUT2D eigenvalue weighted by molar-refractivity contribution is 5.33. The molecule has 1 aromatic rings. The molecule has 0 bridgehead atoms. The molecule has 3 heteroatoms. The second-order valence-corrected chi connectivity index (χ2v) is 4.45. The van der Waals surface area contributed by atoms with Crippen molar-refractivity contribution in [3.63, 3.8) is 0 Å². The highest BCUT2D eigenvalue weighted by Gasteiger charge is 2.28. The van der Waals surface area contributed by atoms with E-state index in [9.17, 15) is 0 Å². The van der Waals surface area contributed by atoms with E-state index in [2.05, 4.69) is 17.4 Å². The van der Waals surface area contributed by atoms with Crippen LogP contribution in [0.15, 0.2) is 24.3 Å². The third-order valence-corrected chi connectivity index (χ3v) is 3.28. The summed E-state index contributed by atoms with van der Waals surface area (Å²) in [4.78, 5) is 0. The van der Waals surface area contributed by atoms with Crippen LogP contribution >= 0.6 is 0 Å². The lowest BCUT2D eigenvalue weighted by Gasteiger charge is -2.34. The topological polar surface area (TPSA) is 30.5 Å². The molecule has 0 saturated heterocycles. The molecule has 0 heterocycles. The summed E-state index contributed by atoms with van der Waals surface area (Å²) in [7, 11) is 1.78. The van der Waals surface area contributed by atoms with Crippen LogP contribution in [0.4, 0.5) is 0 Å². The van der Waals surface area contributed by atoms with E-state index in [-0.39, 0.29) is 0 Å². The maximum atomic E-state index is 5.60. The molecular formula is C14H21NO2. The second-order valence-electron chi connectivity index (χ2n) is 4.45. The van der Waals surface area contributed by atoms with E-state index in [0.717, 1.165) is 25.1 Å². The van der Waals surface area contributed by atoms with E-state index in [1.165, 1.54) is 5.56 Å². The van der Waals surface area contributed by atoms with E-state index in [1.807, 2.05) is 19.1 Å². The molecule has 1 fully saturated rings. The van der Waals surface area contributed by atoms with E-state index >= 15 is 0 Å². The molecular weight excluding hydrogens is 214 g/mol. The lowest BCUT2D eigenvalue weighted by Crippen LogP contribution is -2.44. The Balaban J connectivity index is 1.82. The van der Waals surface area contributed by atoms with E-state index in [1.54, 1.807) is 7.11 Å². The zero-order valence-corrected chi connectivity index (χ0v) is 10.6. The first-order valence-electron chi connectivity index (χ1n) is 6.30. The summed E-state index contributed by atoms with van der Waals surface area (Å²) >= 11 is 0. The molecule has 0 atom stereocenters. The molecule has 1 aliphatic rings. The van der Waals surface area contributed by atoms with Gasteiger partial charge in [-0.2, -0.15) is 0 Å². The molecule has 0 spiro atoms. The number of methoxy groups -OCH3 is 1. The second kappa shape index (κ2) is 6.03. The third-order valence-electron chi connectivity index (χ3n) is 3.28. The van der Waals surface area contributed by atoms with Crippen LogP contribution in [0.2, 0.25) is 0 Å². The van der Waals surface area contributed by atoms with Crippen molar-refractivity contribution in [1.29, 1.82) is 0 Å². The molecule has 0 amide bonds. The van der Waals surface area contributed by atoms with Gasteiger partial charge < -0.3 is 14.8 Å². The Morgan fingerprint density at radius 3 is 2.76 bits per heavy atom. The molecule has 0 radical (unpaired) electrons. The van der Waals surface area contributed by atoms with Crippen LogP contribution in [0.3, 0.4) is 0 Å². The fourth-order valence-electron chi connectivity index (χ4n) is 2.13. The van der Waals surface area contributed by atoms with E-state index in [4.69, 9.17) is 9.47 Å². The van der Waals surface area contributed by atoms with Crippen molar-refractivity contribution in [3.05, 3.63) is 29.8 Å². The van der Waals surface area contributed by atoms with Crippen molar-refractivity contribution >= 4 is 0 Å². The van der Waals surface area contributed by atoms with Gasteiger partial charge in [0.1, 0.15) is 5.75 Å². The minimum Gasteiger partial charge on any atom is -0.494 e. The molecule has 94 valence electrons. The first kappa shape index (κ1) is 12.4. The van der Waals surface area contributed by atoms with Gasteiger partial charge in [-0.1, -0.05) is 18.2 Å². The maximum Gasteiger partial charge on any atom is 0.123 e. The molecule has 17 heavy (non-hydrogen) atoms. The Labute approximate surface area is 103 Å². The van der Waals surface area contributed by atoms with Crippen LogP contribution in [0.5, 0.6) is 5.75 Å². The minimum atomic E-state index is 0.453. The highest BCUT2D eigenvalue weighted by Crippen LogP contribution is 2.24. The molecule has 1 aromatic carbocycles. The third kappa shape index (κ3) is 3.20. The fraction of sp³-hybridized carbons (Fsp3) is 0.571. The van der Waals surface area contributed by atoms with Crippen molar-refractivity contribution in [1.82, 2.24) is 5.32 Å². The van der Waals surface area contributed by atoms with Crippen molar-refractivity contribution in [2.24, 2.45) is 0 Å². The van der Waals surface area contributed by atoms with Crippen LogP contribution in [0.1, 0.15) is 25.3 Å². The van der Waals surface area contributed by atoms with Crippen molar-refractivity contribution in [2.45, 2.75) is 38.5 Å². The van der Waals surface area contributed by atoms with E-state index < -0.39 is 0 Å². The zero-order valence-electron chi connectivity index (χ0n) is 10.6. The molecule has 0 aliphatic heterocycles. The predicted octanol–water partition coefficient (Wildman–Crippen LogP) is 2.35. The van der Waals surface area contributed by atoms with Crippen molar-refractivity contribution in [3.8, 4) is 5.75 Å². The normalized spacial score (nSPS) is 23.2. The number of ether oxygens (including phenoxy) is 2. The van der Waals surface area contributed by atoms with Crippen LogP contribution in [-0.2, 0) is 11.3 Å². The quantitative estimate of drug-likeness (QED) is 0.821. The van der Waals surface area contributed by atoms with Crippen LogP contribution in [0, 0.1) is 0 Å². The molecule has 0 unspecified atom stereocenters. The van der Waals surface area contributed by atoms with Gasteiger partial charge in [0, 0.05) is 25.3 Å². The summed E-state index contributed by atoms with van der Waals surface area (Å²) in [5.74, 6) is 0.991. The number of para-hydroxylation sites is 1. The first-order chi connectivity index (χ1) is 8.33. The molecule has 1 N–H and O–H groups in total. The minimum absolute atomic E-state index is 0.453. The maximum absolute atomic E-state index is 5.60. The van der Waals surface area contributed by atoms with Gasteiger partial charge >= 0.3 is 0 Å². The van der Waals surface area contributed by atoms with Gasteiger partial charge in [0.25, 0.3) is 0 Å². The van der Waals surface area contributed by atoms with Crippen molar-refractivity contribution in [2.75, 3.05) is 13.7 Å². The van der Waals surface area contributed by atoms with E-state index in [0.29, 0.717) is 18.8 Å². The number of rotatable bonds is 6. The fourth-order valence-corrected chi connectivity index (χ4v) is 2.13. The number of hydrogen-bond acceptors (Lipinski definition) is 3. The number of hydrogen-bond donors (Lipinski definition) is 1. The highest BCUT2D eigenvalue weighted by atomic mass is 16.5. The summed E-state index contributed by atoms with van der Waals surface area (Å²) in [6.07, 6.45) is 2.69. The number of nitrogens with one attached hydrogen (secondary N) is 1. The Morgan fingerprint density at radius 2 is 2.06 bits per heavy atom. The predicted molar refractivity (Wildman–Crippen MR) is 68.3 cm³/mol. The SMILES string of the molecule is CCOc1ccccc1CNC1CC(OC)C1. The van der Waals surface area contributed by atoms with Gasteiger partial charge in [0.2, 0.25) is 0 Å². The Morgan fingerprint density at radius 1 is 1.29 bits per heavy atom. The van der Waals surface area contributed by atoms with Crippen LogP contribution in [0.25, 0.3) is 0 Å². The molecule has 2 rings (SSSR count). The Bertz CT molecular complexity index is 348. The van der Waals surface area contributed by atoms with Gasteiger partial charge in [-0.3, -0.25) is 0 Å². The molecule has 0 aromatic heterocycles. The standard InChI is InChI=1S/C14H21NO2/c1-3-17-14-7-5-4-6-11(14)10-15-12-8-13(9-12)16-2/h4-7,12-13,15H,3,8-10H2,1-2H3. The Hall–Kier alpha value is -1.06. The van der Waals surface area contributed by atoms with Crippen molar-refractivity contribution < 1.29 is 9.47 Å². The molecule has 1 saturated carbocycles. The lowest BCUT2D eigenvalue weighted by atomic mass is 9.89. The van der Waals surface area contributed by atoms with Gasteiger partial charge in [-0.25, -0.2) is 0 Å². The Kier molecular flexibility index (Phi) is 4.40. The zero-order chi connectivity index (χ0) is 12.1.